The van der Waals surface area contributed by atoms with Gasteiger partial charge in [-0.05, 0) is 30.9 Å². The molecule has 2 atom stereocenters. The molecule has 182 valence electrons. The number of hydrogen-bond acceptors (Lipinski definition) is 6. The van der Waals surface area contributed by atoms with Crippen molar-refractivity contribution in [3.05, 3.63) is 42.0 Å². The van der Waals surface area contributed by atoms with Crippen molar-refractivity contribution in [1.29, 1.82) is 0 Å². The molecule has 7 heteroatoms. The predicted octanol–water partition coefficient (Wildman–Crippen LogP) is 4.73. The van der Waals surface area contributed by atoms with Crippen molar-refractivity contribution >= 4 is 18.0 Å². The molecular formula is C25H40O7. The number of ether oxygens (including phenoxy) is 4. The molecule has 0 spiro atoms. The Morgan fingerprint density at radius 3 is 2.19 bits per heavy atom. The number of benzene rings is 1. The van der Waals surface area contributed by atoms with Gasteiger partial charge < -0.3 is 24.1 Å². The van der Waals surface area contributed by atoms with Gasteiger partial charge in [-0.3, -0.25) is 9.59 Å². The van der Waals surface area contributed by atoms with E-state index in [1.54, 1.807) is 6.08 Å². The first kappa shape index (κ1) is 29.8. The summed E-state index contributed by atoms with van der Waals surface area (Å²) >= 11 is 0. The van der Waals surface area contributed by atoms with Crippen LogP contribution < -0.4 is 0 Å². The van der Waals surface area contributed by atoms with Gasteiger partial charge in [0.05, 0.1) is 51.5 Å². The molecule has 0 heterocycles. The zero-order valence-corrected chi connectivity index (χ0v) is 20.0. The van der Waals surface area contributed by atoms with Crippen LogP contribution in [0.2, 0.25) is 0 Å². The van der Waals surface area contributed by atoms with E-state index in [4.69, 9.17) is 24.1 Å². The second-order valence-corrected chi connectivity index (χ2v) is 7.32. The van der Waals surface area contributed by atoms with Crippen LogP contribution in [-0.4, -0.2) is 56.2 Å². The molecule has 1 aromatic rings. The van der Waals surface area contributed by atoms with Crippen molar-refractivity contribution < 1.29 is 33.6 Å². The lowest BCUT2D eigenvalue weighted by molar-refractivity contribution is -0.149. The van der Waals surface area contributed by atoms with Crippen LogP contribution in [-0.2, 0) is 35.1 Å². The third-order valence-electron chi connectivity index (χ3n) is 4.64. The second-order valence-electron chi connectivity index (χ2n) is 7.32. The number of rotatable bonds is 16. The van der Waals surface area contributed by atoms with Gasteiger partial charge in [0, 0.05) is 0 Å². The van der Waals surface area contributed by atoms with Gasteiger partial charge in [0.15, 0.2) is 0 Å². The molecule has 32 heavy (non-hydrogen) atoms. The molecule has 1 N–H and O–H groups in total. The summed E-state index contributed by atoms with van der Waals surface area (Å²) < 4.78 is 20.9. The molecule has 0 aliphatic rings. The van der Waals surface area contributed by atoms with Crippen LogP contribution >= 0.6 is 0 Å². The first-order valence-corrected chi connectivity index (χ1v) is 11.2. The molecule has 0 saturated heterocycles. The summed E-state index contributed by atoms with van der Waals surface area (Å²) in [6.07, 6.45) is 3.90. The SMILES string of the molecule is C=Cc1ccc(COCCOC(=O)C(C)CC)cc1.CCC(C)OCCOCCC(=O)O. The van der Waals surface area contributed by atoms with Gasteiger partial charge in [0.2, 0.25) is 0 Å². The van der Waals surface area contributed by atoms with Crippen LogP contribution in [0.15, 0.2) is 30.8 Å². The molecule has 0 radical (unpaired) electrons. The van der Waals surface area contributed by atoms with Crippen molar-refractivity contribution in [2.24, 2.45) is 5.92 Å². The van der Waals surface area contributed by atoms with E-state index in [-0.39, 0.29) is 31.0 Å². The highest BCUT2D eigenvalue weighted by atomic mass is 16.6. The van der Waals surface area contributed by atoms with E-state index in [1.165, 1.54) is 0 Å². The summed E-state index contributed by atoms with van der Waals surface area (Å²) in [4.78, 5) is 21.5. The van der Waals surface area contributed by atoms with E-state index in [9.17, 15) is 9.59 Å². The van der Waals surface area contributed by atoms with E-state index in [0.29, 0.717) is 33.0 Å². The van der Waals surface area contributed by atoms with E-state index >= 15 is 0 Å². The average Bonchev–Trinajstić information content (AvgIpc) is 2.80. The minimum Gasteiger partial charge on any atom is -0.481 e. The molecule has 7 nitrogen and oxygen atoms in total. The summed E-state index contributed by atoms with van der Waals surface area (Å²) in [6, 6.07) is 7.99. The Bertz CT molecular complexity index is 628. The number of carboxylic acid groups (broad SMARTS) is 1. The third kappa shape index (κ3) is 16.5. The Labute approximate surface area is 192 Å². The van der Waals surface area contributed by atoms with Gasteiger partial charge in [-0.2, -0.15) is 0 Å². The van der Waals surface area contributed by atoms with Crippen LogP contribution in [0.1, 0.15) is 58.1 Å². The van der Waals surface area contributed by atoms with Crippen molar-refractivity contribution in [3.63, 3.8) is 0 Å². The van der Waals surface area contributed by atoms with Gasteiger partial charge in [-0.15, -0.1) is 0 Å². The van der Waals surface area contributed by atoms with E-state index in [2.05, 4.69) is 13.5 Å². The Kier molecular flexibility index (Phi) is 18.1. The highest BCUT2D eigenvalue weighted by molar-refractivity contribution is 5.71. The third-order valence-corrected chi connectivity index (χ3v) is 4.64. The van der Waals surface area contributed by atoms with Crippen molar-refractivity contribution in [2.45, 2.75) is 59.7 Å². The zero-order valence-electron chi connectivity index (χ0n) is 20.0. The summed E-state index contributed by atoms with van der Waals surface area (Å²) in [5, 5.41) is 8.29. The Morgan fingerprint density at radius 1 is 0.969 bits per heavy atom. The Morgan fingerprint density at radius 2 is 1.62 bits per heavy atom. The van der Waals surface area contributed by atoms with Crippen molar-refractivity contribution in [1.82, 2.24) is 0 Å². The molecule has 1 rings (SSSR count). The zero-order chi connectivity index (χ0) is 24.2. The fraction of sp³-hybridized carbons (Fsp3) is 0.600. The summed E-state index contributed by atoms with van der Waals surface area (Å²) in [7, 11) is 0. The number of carboxylic acids is 1. The fourth-order valence-electron chi connectivity index (χ4n) is 2.14. The maximum absolute atomic E-state index is 11.4. The maximum Gasteiger partial charge on any atom is 0.308 e. The van der Waals surface area contributed by atoms with E-state index in [0.717, 1.165) is 24.0 Å². The van der Waals surface area contributed by atoms with E-state index < -0.39 is 5.97 Å². The molecule has 0 amide bonds. The van der Waals surface area contributed by atoms with Gasteiger partial charge in [0.1, 0.15) is 6.61 Å². The van der Waals surface area contributed by atoms with Gasteiger partial charge in [0.25, 0.3) is 0 Å². The quantitative estimate of drug-likeness (QED) is 0.286. The molecule has 0 aliphatic heterocycles. The average molecular weight is 453 g/mol. The van der Waals surface area contributed by atoms with Crippen LogP contribution in [0.25, 0.3) is 6.08 Å². The lowest BCUT2D eigenvalue weighted by atomic mass is 10.1. The van der Waals surface area contributed by atoms with Crippen LogP contribution in [0.5, 0.6) is 0 Å². The fourth-order valence-corrected chi connectivity index (χ4v) is 2.14. The largest absolute Gasteiger partial charge is 0.481 e. The van der Waals surface area contributed by atoms with Crippen LogP contribution in [0, 0.1) is 5.92 Å². The molecule has 2 unspecified atom stereocenters. The number of aliphatic carboxylic acids is 1. The van der Waals surface area contributed by atoms with Gasteiger partial charge >= 0.3 is 11.9 Å². The summed E-state index contributed by atoms with van der Waals surface area (Å²) in [5.41, 5.74) is 2.19. The molecule has 0 saturated carbocycles. The first-order chi connectivity index (χ1) is 15.3. The van der Waals surface area contributed by atoms with Crippen LogP contribution in [0.3, 0.4) is 0 Å². The topological polar surface area (TPSA) is 91.3 Å². The molecule has 1 aromatic carbocycles. The number of carbonyl (C=O) groups excluding carboxylic acids is 1. The maximum atomic E-state index is 11.4. The van der Waals surface area contributed by atoms with E-state index in [1.807, 2.05) is 45.0 Å². The minimum atomic E-state index is -0.831. The Balaban J connectivity index is 0.000000649. The molecule has 0 bridgehead atoms. The molecule has 0 fully saturated rings. The molecule has 0 aromatic heterocycles. The predicted molar refractivity (Wildman–Crippen MR) is 125 cm³/mol. The minimum absolute atomic E-state index is 0.0357. The lowest BCUT2D eigenvalue weighted by Gasteiger charge is -2.09. The van der Waals surface area contributed by atoms with Crippen molar-refractivity contribution in [3.8, 4) is 0 Å². The monoisotopic (exact) mass is 452 g/mol. The molecule has 0 aliphatic carbocycles. The number of carbonyl (C=O) groups is 2. The standard InChI is InChI=1S/C16H22O3.C9H18O4/c1-4-13(3)16(17)19-11-10-18-12-15-8-6-14(5-2)7-9-15;1-3-8(2)13-7-6-12-5-4-9(10)11/h5-9,13H,2,4,10-12H2,1,3H3;8H,3-7H2,1-2H3,(H,10,11). The first-order valence-electron chi connectivity index (χ1n) is 11.2. The normalized spacial score (nSPS) is 12.2. The molecular weight excluding hydrogens is 412 g/mol. The highest BCUT2D eigenvalue weighted by Gasteiger charge is 2.11. The van der Waals surface area contributed by atoms with Gasteiger partial charge in [-0.25, -0.2) is 0 Å². The van der Waals surface area contributed by atoms with Gasteiger partial charge in [-0.1, -0.05) is 57.7 Å². The van der Waals surface area contributed by atoms with Crippen LogP contribution in [0.4, 0.5) is 0 Å². The summed E-state index contributed by atoms with van der Waals surface area (Å²) in [5.74, 6) is -1.02. The summed E-state index contributed by atoms with van der Waals surface area (Å²) in [6.45, 7) is 14.1. The highest BCUT2D eigenvalue weighted by Crippen LogP contribution is 2.07. The lowest BCUT2D eigenvalue weighted by Crippen LogP contribution is -2.16. The number of hydrogen-bond donors (Lipinski definition) is 1. The van der Waals surface area contributed by atoms with Crippen molar-refractivity contribution in [2.75, 3.05) is 33.0 Å². The smallest absolute Gasteiger partial charge is 0.308 e. The second kappa shape index (κ2) is 19.5. The Hall–Kier alpha value is -2.22. The number of esters is 1.